The highest BCUT2D eigenvalue weighted by Gasteiger charge is 2.14. The highest BCUT2D eigenvalue weighted by atomic mass is 79.9. The van der Waals surface area contributed by atoms with E-state index < -0.39 is 5.97 Å². The first kappa shape index (κ1) is 15.0. The fraction of sp³-hybridized carbons (Fsp3) is 0.462. The number of phenols is 1. The van der Waals surface area contributed by atoms with Crippen LogP contribution in [0.4, 0.5) is 0 Å². The van der Waals surface area contributed by atoms with Crippen LogP contribution in [0.3, 0.4) is 0 Å². The van der Waals surface area contributed by atoms with Gasteiger partial charge in [-0.05, 0) is 32.0 Å². The minimum atomic E-state index is -0.806. The van der Waals surface area contributed by atoms with Crippen LogP contribution >= 0.6 is 15.9 Å². The number of hydrogen-bond donors (Lipinski definition) is 2. The van der Waals surface area contributed by atoms with E-state index >= 15 is 0 Å². The molecule has 5 heteroatoms. The van der Waals surface area contributed by atoms with Gasteiger partial charge in [-0.15, -0.1) is 0 Å². The van der Waals surface area contributed by atoms with E-state index in [0.717, 1.165) is 10.0 Å². The summed E-state index contributed by atoms with van der Waals surface area (Å²) in [5, 5.41) is 18.5. The number of hydrogen-bond acceptors (Lipinski definition) is 3. The molecule has 0 aromatic heterocycles. The molecular weight excluding hydrogens is 298 g/mol. The van der Waals surface area contributed by atoms with E-state index in [-0.39, 0.29) is 18.2 Å². The topological polar surface area (TPSA) is 60.8 Å². The number of nitrogens with zero attached hydrogens (tertiary/aromatic N) is 1. The zero-order chi connectivity index (χ0) is 13.7. The molecule has 18 heavy (non-hydrogen) atoms. The van der Waals surface area contributed by atoms with Gasteiger partial charge in [0.2, 0.25) is 0 Å². The Morgan fingerprint density at radius 1 is 1.44 bits per heavy atom. The van der Waals surface area contributed by atoms with Crippen LogP contribution in [-0.2, 0) is 11.3 Å². The van der Waals surface area contributed by atoms with Crippen LogP contribution in [0.5, 0.6) is 5.75 Å². The predicted octanol–water partition coefficient (Wildman–Crippen LogP) is 2.84. The second-order valence-corrected chi connectivity index (χ2v) is 5.40. The lowest BCUT2D eigenvalue weighted by atomic mass is 10.1. The number of phenolic OH excluding ortho intramolecular Hbond substituents is 1. The zero-order valence-corrected chi connectivity index (χ0v) is 12.1. The lowest BCUT2D eigenvalue weighted by molar-refractivity contribution is -0.137. The third-order valence-corrected chi connectivity index (χ3v) is 3.25. The second kappa shape index (κ2) is 6.75. The number of carboxylic acids is 1. The lowest BCUT2D eigenvalue weighted by Crippen LogP contribution is -2.32. The molecule has 0 bridgehead atoms. The molecule has 0 atom stereocenters. The van der Waals surface area contributed by atoms with Gasteiger partial charge in [0.05, 0.1) is 6.42 Å². The highest BCUT2D eigenvalue weighted by Crippen LogP contribution is 2.24. The van der Waals surface area contributed by atoms with Gasteiger partial charge in [0.15, 0.2) is 0 Å². The lowest BCUT2D eigenvalue weighted by Gasteiger charge is -2.26. The molecule has 0 aliphatic heterocycles. The molecule has 0 saturated heterocycles. The average Bonchev–Trinajstić information content (AvgIpc) is 2.28. The number of aromatic hydroxyl groups is 1. The fourth-order valence-corrected chi connectivity index (χ4v) is 2.07. The molecule has 0 heterocycles. The van der Waals surface area contributed by atoms with Crippen LogP contribution < -0.4 is 0 Å². The van der Waals surface area contributed by atoms with E-state index in [1.54, 1.807) is 12.1 Å². The standard InChI is InChI=1S/C13H18BrNO3/c1-9(2)15(6-5-13(17)18)8-10-7-11(14)3-4-12(10)16/h3-4,7,9,16H,5-6,8H2,1-2H3,(H,17,18). The maximum absolute atomic E-state index is 10.6. The smallest absolute Gasteiger partial charge is 0.304 e. The van der Waals surface area contributed by atoms with E-state index in [2.05, 4.69) is 15.9 Å². The predicted molar refractivity (Wildman–Crippen MR) is 73.6 cm³/mol. The Kier molecular flexibility index (Phi) is 5.62. The fourth-order valence-electron chi connectivity index (χ4n) is 1.66. The summed E-state index contributed by atoms with van der Waals surface area (Å²) in [6, 6.07) is 5.49. The molecule has 1 aromatic rings. The van der Waals surface area contributed by atoms with Gasteiger partial charge >= 0.3 is 5.97 Å². The van der Waals surface area contributed by atoms with Gasteiger partial charge in [-0.25, -0.2) is 0 Å². The maximum Gasteiger partial charge on any atom is 0.304 e. The van der Waals surface area contributed by atoms with Crippen molar-refractivity contribution in [1.29, 1.82) is 0 Å². The molecule has 0 unspecified atom stereocenters. The third-order valence-electron chi connectivity index (χ3n) is 2.76. The van der Waals surface area contributed by atoms with Crippen LogP contribution in [-0.4, -0.2) is 33.7 Å². The Bertz CT molecular complexity index is 421. The first-order valence-electron chi connectivity index (χ1n) is 5.83. The van der Waals surface area contributed by atoms with E-state index in [1.165, 1.54) is 0 Å². The summed E-state index contributed by atoms with van der Waals surface area (Å²) in [4.78, 5) is 12.6. The third kappa shape index (κ3) is 4.66. The summed E-state index contributed by atoms with van der Waals surface area (Å²) in [5.41, 5.74) is 0.795. The molecule has 0 amide bonds. The molecule has 100 valence electrons. The molecule has 0 aliphatic carbocycles. The summed E-state index contributed by atoms with van der Waals surface area (Å²) in [7, 11) is 0. The molecule has 0 spiro atoms. The molecular formula is C13H18BrNO3. The largest absolute Gasteiger partial charge is 0.508 e. The number of halogens is 1. The number of carbonyl (C=O) groups is 1. The van der Waals surface area contributed by atoms with Crippen molar-refractivity contribution in [2.24, 2.45) is 0 Å². The van der Waals surface area contributed by atoms with Gasteiger partial charge in [-0.1, -0.05) is 15.9 Å². The summed E-state index contributed by atoms with van der Waals surface area (Å²) >= 11 is 3.36. The minimum Gasteiger partial charge on any atom is -0.508 e. The molecule has 1 rings (SSSR count). The quantitative estimate of drug-likeness (QED) is 0.847. The van der Waals surface area contributed by atoms with E-state index in [0.29, 0.717) is 13.1 Å². The SMILES string of the molecule is CC(C)N(CCC(=O)O)Cc1cc(Br)ccc1O. The first-order chi connectivity index (χ1) is 8.40. The van der Waals surface area contributed by atoms with Crippen molar-refractivity contribution in [1.82, 2.24) is 4.90 Å². The van der Waals surface area contributed by atoms with Crippen LogP contribution in [0.25, 0.3) is 0 Å². The van der Waals surface area contributed by atoms with Crippen LogP contribution in [0.1, 0.15) is 25.8 Å². The number of carboxylic acid groups (broad SMARTS) is 1. The van der Waals surface area contributed by atoms with E-state index in [4.69, 9.17) is 5.11 Å². The molecule has 0 aliphatic rings. The summed E-state index contributed by atoms with van der Waals surface area (Å²) in [6.45, 7) is 5.03. The number of benzene rings is 1. The highest BCUT2D eigenvalue weighted by molar-refractivity contribution is 9.10. The normalized spacial score (nSPS) is 11.2. The average molecular weight is 316 g/mol. The van der Waals surface area contributed by atoms with Crippen LogP contribution in [0, 0.1) is 0 Å². The Morgan fingerprint density at radius 3 is 2.67 bits per heavy atom. The molecule has 1 aromatic carbocycles. The van der Waals surface area contributed by atoms with Crippen molar-refractivity contribution in [2.45, 2.75) is 32.9 Å². The summed E-state index contributed by atoms with van der Waals surface area (Å²) in [5.74, 6) is -0.571. The number of rotatable bonds is 6. The van der Waals surface area contributed by atoms with Crippen LogP contribution in [0.15, 0.2) is 22.7 Å². The molecule has 0 fully saturated rings. The summed E-state index contributed by atoms with van der Waals surface area (Å²) < 4.78 is 0.900. The van der Waals surface area contributed by atoms with Crippen molar-refractivity contribution in [2.75, 3.05) is 6.54 Å². The Morgan fingerprint density at radius 2 is 2.11 bits per heavy atom. The number of aliphatic carboxylic acids is 1. The Hall–Kier alpha value is -1.07. The van der Waals surface area contributed by atoms with Gasteiger partial charge in [-0.2, -0.15) is 0 Å². The molecule has 0 radical (unpaired) electrons. The molecule has 4 nitrogen and oxygen atoms in total. The molecule has 2 N–H and O–H groups in total. The van der Waals surface area contributed by atoms with Crippen molar-refractivity contribution < 1.29 is 15.0 Å². The monoisotopic (exact) mass is 315 g/mol. The van der Waals surface area contributed by atoms with Gasteiger partial charge in [0, 0.05) is 29.2 Å². The Balaban J connectivity index is 2.76. The Labute approximate surface area is 115 Å². The van der Waals surface area contributed by atoms with Gasteiger partial charge in [0.1, 0.15) is 5.75 Å². The van der Waals surface area contributed by atoms with Crippen molar-refractivity contribution in [3.63, 3.8) is 0 Å². The second-order valence-electron chi connectivity index (χ2n) is 4.48. The van der Waals surface area contributed by atoms with Gasteiger partial charge in [-0.3, -0.25) is 9.69 Å². The molecule has 0 saturated carbocycles. The van der Waals surface area contributed by atoms with Crippen molar-refractivity contribution in [3.05, 3.63) is 28.2 Å². The minimum absolute atomic E-state index is 0.104. The van der Waals surface area contributed by atoms with Crippen molar-refractivity contribution in [3.8, 4) is 5.75 Å². The van der Waals surface area contributed by atoms with E-state index in [9.17, 15) is 9.90 Å². The van der Waals surface area contributed by atoms with E-state index in [1.807, 2.05) is 24.8 Å². The summed E-state index contributed by atoms with van der Waals surface area (Å²) in [6.07, 6.45) is 0.104. The van der Waals surface area contributed by atoms with Crippen LogP contribution in [0.2, 0.25) is 0 Å². The van der Waals surface area contributed by atoms with Gasteiger partial charge in [0.25, 0.3) is 0 Å². The maximum atomic E-state index is 10.6. The zero-order valence-electron chi connectivity index (χ0n) is 10.6. The first-order valence-corrected chi connectivity index (χ1v) is 6.62. The van der Waals surface area contributed by atoms with Crippen molar-refractivity contribution >= 4 is 21.9 Å². The van der Waals surface area contributed by atoms with Gasteiger partial charge < -0.3 is 10.2 Å².